The van der Waals surface area contributed by atoms with Crippen molar-refractivity contribution in [2.24, 2.45) is 0 Å². The van der Waals surface area contributed by atoms with Gasteiger partial charge in [0.1, 0.15) is 12.2 Å². The number of ether oxygens (including phenoxy) is 2. The Balaban J connectivity index is 2.66. The first-order valence-corrected chi connectivity index (χ1v) is 4.18. The van der Waals surface area contributed by atoms with E-state index in [0.717, 1.165) is 4.48 Å². The van der Waals surface area contributed by atoms with Gasteiger partial charge in [0.25, 0.3) is 0 Å². The number of rotatable bonds is 2. The molecule has 2 nitrogen and oxygen atoms in total. The van der Waals surface area contributed by atoms with Crippen LogP contribution in [0.15, 0.2) is 22.7 Å². The molecule has 0 fully saturated rings. The maximum Gasteiger partial charge on any atom is 0.106 e. The highest BCUT2D eigenvalue weighted by Gasteiger charge is 2.18. The topological polar surface area (TPSA) is 18.5 Å². The lowest BCUT2D eigenvalue weighted by Gasteiger charge is -2.22. The van der Waals surface area contributed by atoms with E-state index in [1.165, 1.54) is 0 Å². The number of halogens is 1. The molecule has 0 aromatic carbocycles. The van der Waals surface area contributed by atoms with Crippen molar-refractivity contribution in [3.05, 3.63) is 22.7 Å². The molecule has 0 bridgehead atoms. The van der Waals surface area contributed by atoms with Crippen LogP contribution < -0.4 is 0 Å². The third-order valence-corrected chi connectivity index (χ3v) is 2.17. The van der Waals surface area contributed by atoms with Crippen molar-refractivity contribution >= 4 is 15.9 Å². The van der Waals surface area contributed by atoms with Crippen LogP contribution in [-0.4, -0.2) is 26.4 Å². The maximum atomic E-state index is 5.18. The Bertz CT molecular complexity index is 187. The van der Waals surface area contributed by atoms with E-state index in [9.17, 15) is 0 Å². The average Bonchev–Trinajstić information content (AvgIpc) is 2.04. The van der Waals surface area contributed by atoms with E-state index in [2.05, 4.69) is 15.9 Å². The average molecular weight is 219 g/mol. The third-order valence-electron chi connectivity index (χ3n) is 1.64. The zero-order valence-corrected chi connectivity index (χ0v) is 8.17. The van der Waals surface area contributed by atoms with Gasteiger partial charge in [0.05, 0.1) is 0 Å². The Labute approximate surface area is 75.0 Å². The van der Waals surface area contributed by atoms with Gasteiger partial charge >= 0.3 is 0 Å². The van der Waals surface area contributed by atoms with Crippen LogP contribution in [0.3, 0.4) is 0 Å². The molecule has 0 spiro atoms. The summed E-state index contributed by atoms with van der Waals surface area (Å²) in [5.41, 5.74) is 0. The fraction of sp³-hybridized carbons (Fsp3) is 0.500. The summed E-state index contributed by atoms with van der Waals surface area (Å²) in [6.07, 6.45) is 5.98. The molecule has 0 aromatic heterocycles. The largest absolute Gasteiger partial charge is 0.374 e. The van der Waals surface area contributed by atoms with Crippen LogP contribution in [0.5, 0.6) is 0 Å². The van der Waals surface area contributed by atoms with Crippen LogP contribution in [0.1, 0.15) is 0 Å². The van der Waals surface area contributed by atoms with Crippen LogP contribution in [0.25, 0.3) is 0 Å². The van der Waals surface area contributed by atoms with Crippen molar-refractivity contribution < 1.29 is 9.47 Å². The zero-order valence-electron chi connectivity index (χ0n) is 6.58. The van der Waals surface area contributed by atoms with Crippen LogP contribution >= 0.6 is 15.9 Å². The molecule has 0 saturated heterocycles. The first-order valence-electron chi connectivity index (χ1n) is 3.39. The standard InChI is InChI=1S/C8H11BrO2/c1-10-7-4-3-6(9)5-8(7)11-2/h3-5,7-8H,1-2H3. The molecular weight excluding hydrogens is 208 g/mol. The van der Waals surface area contributed by atoms with Gasteiger partial charge in [0, 0.05) is 18.7 Å². The SMILES string of the molecule is COC1C=CC(Br)=CC1OC. The maximum absolute atomic E-state index is 5.18. The molecule has 0 heterocycles. The first kappa shape index (κ1) is 8.97. The second kappa shape index (κ2) is 4.04. The van der Waals surface area contributed by atoms with E-state index in [0.29, 0.717) is 0 Å². The lowest BCUT2D eigenvalue weighted by atomic mass is 10.1. The molecule has 3 heteroatoms. The van der Waals surface area contributed by atoms with Gasteiger partial charge in [0.15, 0.2) is 0 Å². The fourth-order valence-electron chi connectivity index (χ4n) is 1.02. The lowest BCUT2D eigenvalue weighted by molar-refractivity contribution is 0.0138. The Kier molecular flexibility index (Phi) is 3.30. The number of allylic oxidation sites excluding steroid dienone is 2. The predicted molar refractivity (Wildman–Crippen MR) is 47.7 cm³/mol. The number of hydrogen-bond donors (Lipinski definition) is 0. The third kappa shape index (κ3) is 2.15. The molecule has 0 saturated carbocycles. The minimum atomic E-state index is 0.0272. The highest BCUT2D eigenvalue weighted by molar-refractivity contribution is 9.11. The van der Waals surface area contributed by atoms with Gasteiger partial charge in [-0.2, -0.15) is 0 Å². The van der Waals surface area contributed by atoms with Crippen LogP contribution in [0.2, 0.25) is 0 Å². The summed E-state index contributed by atoms with van der Waals surface area (Å²) in [7, 11) is 3.35. The lowest BCUT2D eigenvalue weighted by Crippen LogP contribution is -2.27. The van der Waals surface area contributed by atoms with Gasteiger partial charge in [0.2, 0.25) is 0 Å². The summed E-state index contributed by atoms with van der Waals surface area (Å²) in [5, 5.41) is 0. The molecule has 2 unspecified atom stereocenters. The van der Waals surface area contributed by atoms with E-state index in [-0.39, 0.29) is 12.2 Å². The van der Waals surface area contributed by atoms with E-state index in [4.69, 9.17) is 9.47 Å². The highest BCUT2D eigenvalue weighted by Crippen LogP contribution is 2.19. The second-order valence-electron chi connectivity index (χ2n) is 2.31. The van der Waals surface area contributed by atoms with Crippen LogP contribution in [-0.2, 0) is 9.47 Å². The van der Waals surface area contributed by atoms with Gasteiger partial charge in [-0.1, -0.05) is 22.0 Å². The summed E-state index contributed by atoms with van der Waals surface area (Å²) in [4.78, 5) is 0. The molecule has 2 atom stereocenters. The number of methoxy groups -OCH3 is 2. The Morgan fingerprint density at radius 2 is 1.91 bits per heavy atom. The van der Waals surface area contributed by atoms with Crippen molar-refractivity contribution in [3.8, 4) is 0 Å². The van der Waals surface area contributed by atoms with Crippen molar-refractivity contribution in [2.45, 2.75) is 12.2 Å². The molecule has 0 radical (unpaired) electrons. The fourth-order valence-corrected chi connectivity index (χ4v) is 1.43. The molecule has 11 heavy (non-hydrogen) atoms. The van der Waals surface area contributed by atoms with Gasteiger partial charge in [-0.15, -0.1) is 0 Å². The molecular formula is C8H11BrO2. The monoisotopic (exact) mass is 218 g/mol. The van der Waals surface area contributed by atoms with Crippen molar-refractivity contribution in [1.82, 2.24) is 0 Å². The molecule has 0 aliphatic heterocycles. The van der Waals surface area contributed by atoms with Crippen LogP contribution in [0.4, 0.5) is 0 Å². The molecule has 0 aromatic rings. The van der Waals surface area contributed by atoms with Gasteiger partial charge in [-0.05, 0) is 12.2 Å². The van der Waals surface area contributed by atoms with Crippen molar-refractivity contribution in [3.63, 3.8) is 0 Å². The summed E-state index contributed by atoms with van der Waals surface area (Å²) >= 11 is 3.36. The zero-order chi connectivity index (χ0) is 8.27. The van der Waals surface area contributed by atoms with E-state index in [1.54, 1.807) is 14.2 Å². The molecule has 0 amide bonds. The second-order valence-corrected chi connectivity index (χ2v) is 3.23. The molecule has 62 valence electrons. The smallest absolute Gasteiger partial charge is 0.106 e. The van der Waals surface area contributed by atoms with Crippen molar-refractivity contribution in [1.29, 1.82) is 0 Å². The summed E-state index contributed by atoms with van der Waals surface area (Å²) < 4.78 is 11.4. The van der Waals surface area contributed by atoms with Gasteiger partial charge in [-0.25, -0.2) is 0 Å². The minimum Gasteiger partial charge on any atom is -0.374 e. The Hall–Kier alpha value is -0.120. The number of hydrogen-bond acceptors (Lipinski definition) is 2. The quantitative estimate of drug-likeness (QED) is 0.705. The Morgan fingerprint density at radius 3 is 2.45 bits per heavy atom. The van der Waals surface area contributed by atoms with E-state index < -0.39 is 0 Å². The highest BCUT2D eigenvalue weighted by atomic mass is 79.9. The van der Waals surface area contributed by atoms with Crippen LogP contribution in [0, 0.1) is 0 Å². The molecule has 1 aliphatic carbocycles. The predicted octanol–water partition coefficient (Wildman–Crippen LogP) is 1.86. The van der Waals surface area contributed by atoms with E-state index in [1.807, 2.05) is 18.2 Å². The van der Waals surface area contributed by atoms with Gasteiger partial charge < -0.3 is 9.47 Å². The first-order chi connectivity index (χ1) is 5.27. The Morgan fingerprint density at radius 1 is 1.27 bits per heavy atom. The summed E-state index contributed by atoms with van der Waals surface area (Å²) in [6.45, 7) is 0. The van der Waals surface area contributed by atoms with Gasteiger partial charge in [-0.3, -0.25) is 0 Å². The summed E-state index contributed by atoms with van der Waals surface area (Å²) in [5.74, 6) is 0. The molecule has 1 rings (SSSR count). The normalized spacial score (nSPS) is 30.3. The summed E-state index contributed by atoms with van der Waals surface area (Å²) in [6, 6.07) is 0. The minimum absolute atomic E-state index is 0.0272. The molecule has 0 N–H and O–H groups in total. The van der Waals surface area contributed by atoms with Crippen molar-refractivity contribution in [2.75, 3.05) is 14.2 Å². The molecule has 1 aliphatic rings. The van der Waals surface area contributed by atoms with E-state index >= 15 is 0 Å².